The smallest absolute Gasteiger partial charge is 0.00136 e. The van der Waals surface area contributed by atoms with Gasteiger partial charge in [-0.25, -0.2) is 0 Å². The van der Waals surface area contributed by atoms with Crippen LogP contribution in [0, 0.1) is 11.3 Å². The van der Waals surface area contributed by atoms with Crippen molar-refractivity contribution in [2.24, 2.45) is 11.3 Å². The molecule has 0 aromatic rings. The molecular formula is C14H28N2. The number of hydrogen-bond acceptors (Lipinski definition) is 2. The van der Waals surface area contributed by atoms with Gasteiger partial charge in [-0.3, -0.25) is 0 Å². The third-order valence-corrected chi connectivity index (χ3v) is 4.52. The lowest BCUT2D eigenvalue weighted by Gasteiger charge is -2.37. The Kier molecular flexibility index (Phi) is 4.26. The Morgan fingerprint density at radius 3 is 2.38 bits per heavy atom. The molecule has 16 heavy (non-hydrogen) atoms. The summed E-state index contributed by atoms with van der Waals surface area (Å²) in [6, 6.07) is 0. The summed E-state index contributed by atoms with van der Waals surface area (Å²) in [6.07, 6.45) is 7.01. The van der Waals surface area contributed by atoms with Gasteiger partial charge in [-0.2, -0.15) is 0 Å². The summed E-state index contributed by atoms with van der Waals surface area (Å²) in [5, 5.41) is 3.45. The summed E-state index contributed by atoms with van der Waals surface area (Å²) in [7, 11) is 0. The molecule has 2 nitrogen and oxygen atoms in total. The number of nitrogens with one attached hydrogen (secondary N) is 1. The molecule has 2 aliphatic rings. The average Bonchev–Trinajstić information content (AvgIpc) is 2.29. The van der Waals surface area contributed by atoms with Gasteiger partial charge < -0.3 is 10.2 Å². The second-order valence-electron chi connectivity index (χ2n) is 6.49. The van der Waals surface area contributed by atoms with Crippen LogP contribution in [-0.4, -0.2) is 37.6 Å². The maximum atomic E-state index is 3.45. The molecule has 0 aromatic carbocycles. The molecule has 2 heteroatoms. The van der Waals surface area contributed by atoms with Crippen LogP contribution >= 0.6 is 0 Å². The summed E-state index contributed by atoms with van der Waals surface area (Å²) in [4.78, 5) is 2.69. The lowest BCUT2D eigenvalue weighted by Crippen LogP contribution is -2.39. The Morgan fingerprint density at radius 1 is 1.12 bits per heavy atom. The zero-order valence-electron chi connectivity index (χ0n) is 11.1. The molecule has 2 rings (SSSR count). The molecule has 0 saturated carbocycles. The minimum Gasteiger partial charge on any atom is -0.317 e. The molecule has 2 fully saturated rings. The number of piperidine rings is 2. The Hall–Kier alpha value is -0.0800. The van der Waals surface area contributed by atoms with Crippen LogP contribution < -0.4 is 5.32 Å². The normalized spacial score (nSPS) is 28.1. The van der Waals surface area contributed by atoms with Crippen molar-refractivity contribution >= 4 is 0 Å². The Balaban J connectivity index is 1.63. The zero-order valence-corrected chi connectivity index (χ0v) is 11.1. The van der Waals surface area contributed by atoms with Gasteiger partial charge in [0.05, 0.1) is 0 Å². The predicted molar refractivity (Wildman–Crippen MR) is 69.7 cm³/mol. The average molecular weight is 224 g/mol. The molecule has 0 radical (unpaired) electrons. The first-order chi connectivity index (χ1) is 7.66. The molecule has 0 aromatic heterocycles. The van der Waals surface area contributed by atoms with E-state index in [0.29, 0.717) is 5.41 Å². The first-order valence-electron chi connectivity index (χ1n) is 7.09. The molecule has 2 saturated heterocycles. The molecule has 0 unspecified atom stereocenters. The number of rotatable bonds is 3. The van der Waals surface area contributed by atoms with E-state index in [0.717, 1.165) is 5.92 Å². The van der Waals surface area contributed by atoms with Crippen molar-refractivity contribution in [3.63, 3.8) is 0 Å². The first-order valence-corrected chi connectivity index (χ1v) is 7.09. The van der Waals surface area contributed by atoms with Crippen molar-refractivity contribution in [2.75, 3.05) is 32.7 Å². The fraction of sp³-hybridized carbons (Fsp3) is 1.00. The number of hydrogen-bond donors (Lipinski definition) is 1. The van der Waals surface area contributed by atoms with Crippen LogP contribution in [0.5, 0.6) is 0 Å². The van der Waals surface area contributed by atoms with E-state index in [1.165, 1.54) is 64.8 Å². The van der Waals surface area contributed by atoms with Gasteiger partial charge in [0.15, 0.2) is 0 Å². The van der Waals surface area contributed by atoms with Gasteiger partial charge in [0.25, 0.3) is 0 Å². The summed E-state index contributed by atoms with van der Waals surface area (Å²) >= 11 is 0. The molecule has 1 N–H and O–H groups in total. The molecule has 0 amide bonds. The molecule has 0 aliphatic carbocycles. The first kappa shape index (κ1) is 12.4. The van der Waals surface area contributed by atoms with E-state index in [-0.39, 0.29) is 0 Å². The third-order valence-electron chi connectivity index (χ3n) is 4.52. The highest BCUT2D eigenvalue weighted by Crippen LogP contribution is 2.30. The molecule has 0 spiro atoms. The molecule has 94 valence electrons. The summed E-state index contributed by atoms with van der Waals surface area (Å²) < 4.78 is 0. The second-order valence-corrected chi connectivity index (χ2v) is 6.49. The van der Waals surface area contributed by atoms with Crippen LogP contribution in [0.25, 0.3) is 0 Å². The maximum absolute atomic E-state index is 3.45. The standard InChI is InChI=1S/C14H28N2/c1-14(2)6-11-16(12-7-14)10-5-13-3-8-15-9-4-13/h13,15H,3-12H2,1-2H3. The van der Waals surface area contributed by atoms with Crippen molar-refractivity contribution in [3.8, 4) is 0 Å². The highest BCUT2D eigenvalue weighted by molar-refractivity contribution is 4.79. The summed E-state index contributed by atoms with van der Waals surface area (Å²) in [5.41, 5.74) is 0.602. The molecule has 0 bridgehead atoms. The van der Waals surface area contributed by atoms with Crippen LogP contribution in [0.4, 0.5) is 0 Å². The third kappa shape index (κ3) is 3.74. The van der Waals surface area contributed by atoms with Crippen LogP contribution in [0.3, 0.4) is 0 Å². The van der Waals surface area contributed by atoms with Crippen LogP contribution in [0.2, 0.25) is 0 Å². The van der Waals surface area contributed by atoms with E-state index in [1.807, 2.05) is 0 Å². The van der Waals surface area contributed by atoms with Gasteiger partial charge in [0, 0.05) is 0 Å². The molecule has 2 aliphatic heterocycles. The number of nitrogens with zero attached hydrogens (tertiary/aromatic N) is 1. The lowest BCUT2D eigenvalue weighted by molar-refractivity contribution is 0.124. The monoisotopic (exact) mass is 224 g/mol. The fourth-order valence-corrected chi connectivity index (χ4v) is 2.92. The quantitative estimate of drug-likeness (QED) is 0.792. The van der Waals surface area contributed by atoms with E-state index in [4.69, 9.17) is 0 Å². The maximum Gasteiger partial charge on any atom is -0.00136 e. The van der Waals surface area contributed by atoms with Gasteiger partial charge in [-0.15, -0.1) is 0 Å². The van der Waals surface area contributed by atoms with Gasteiger partial charge in [-0.05, 0) is 76.2 Å². The van der Waals surface area contributed by atoms with Crippen molar-refractivity contribution in [1.29, 1.82) is 0 Å². The highest BCUT2D eigenvalue weighted by atomic mass is 15.1. The minimum atomic E-state index is 0.602. The SMILES string of the molecule is CC1(C)CCN(CCC2CCNCC2)CC1. The second kappa shape index (κ2) is 5.50. The molecule has 0 atom stereocenters. The van der Waals surface area contributed by atoms with E-state index < -0.39 is 0 Å². The summed E-state index contributed by atoms with van der Waals surface area (Å²) in [5.74, 6) is 0.996. The largest absolute Gasteiger partial charge is 0.317 e. The van der Waals surface area contributed by atoms with Crippen LogP contribution in [0.1, 0.15) is 46.0 Å². The van der Waals surface area contributed by atoms with Gasteiger partial charge in [-0.1, -0.05) is 13.8 Å². The lowest BCUT2D eigenvalue weighted by atomic mass is 9.82. The number of likely N-dealkylation sites (tertiary alicyclic amines) is 1. The highest BCUT2D eigenvalue weighted by Gasteiger charge is 2.25. The Bertz CT molecular complexity index is 197. The van der Waals surface area contributed by atoms with E-state index >= 15 is 0 Å². The molecular weight excluding hydrogens is 196 g/mol. The van der Waals surface area contributed by atoms with E-state index in [9.17, 15) is 0 Å². The Morgan fingerprint density at radius 2 is 1.75 bits per heavy atom. The van der Waals surface area contributed by atoms with Crippen molar-refractivity contribution in [3.05, 3.63) is 0 Å². The predicted octanol–water partition coefficient (Wildman–Crippen LogP) is 2.50. The van der Waals surface area contributed by atoms with Crippen molar-refractivity contribution in [1.82, 2.24) is 10.2 Å². The summed E-state index contributed by atoms with van der Waals surface area (Å²) in [6.45, 7) is 11.3. The fourth-order valence-electron chi connectivity index (χ4n) is 2.92. The van der Waals surface area contributed by atoms with E-state index in [2.05, 4.69) is 24.1 Å². The van der Waals surface area contributed by atoms with Gasteiger partial charge in [0.2, 0.25) is 0 Å². The van der Waals surface area contributed by atoms with Gasteiger partial charge in [0.1, 0.15) is 0 Å². The van der Waals surface area contributed by atoms with Crippen molar-refractivity contribution in [2.45, 2.75) is 46.0 Å². The Labute approximate surface area is 101 Å². The van der Waals surface area contributed by atoms with Crippen LogP contribution in [0.15, 0.2) is 0 Å². The van der Waals surface area contributed by atoms with E-state index in [1.54, 1.807) is 0 Å². The molecule has 2 heterocycles. The van der Waals surface area contributed by atoms with Gasteiger partial charge >= 0.3 is 0 Å². The minimum absolute atomic E-state index is 0.602. The zero-order chi connectivity index (χ0) is 11.4. The van der Waals surface area contributed by atoms with Crippen LogP contribution in [-0.2, 0) is 0 Å². The van der Waals surface area contributed by atoms with Crippen molar-refractivity contribution < 1.29 is 0 Å². The topological polar surface area (TPSA) is 15.3 Å².